The van der Waals surface area contributed by atoms with E-state index in [1.807, 2.05) is 64.5 Å². The third kappa shape index (κ3) is 4.90. The number of carbonyl (C=O) groups is 1. The second kappa shape index (κ2) is 10.2. The molecule has 4 aromatic rings. The lowest BCUT2D eigenvalue weighted by molar-refractivity contribution is 0.0706. The fraction of sp³-hybridized carbons (Fsp3) is 0.269. The molecule has 0 aliphatic rings. The molecule has 0 aliphatic carbocycles. The first-order valence-electron chi connectivity index (χ1n) is 11.1. The highest BCUT2D eigenvalue weighted by molar-refractivity contribution is 6.30. The molecule has 0 aliphatic heterocycles. The summed E-state index contributed by atoms with van der Waals surface area (Å²) < 4.78 is 5.91. The molecule has 0 saturated heterocycles. The summed E-state index contributed by atoms with van der Waals surface area (Å²) in [6, 6.07) is 12.9. The van der Waals surface area contributed by atoms with Crippen LogP contribution >= 0.6 is 11.6 Å². The molecule has 2 aromatic heterocycles. The number of aromatic nitrogens is 3. The molecule has 1 amide bonds. The number of amides is 1. The van der Waals surface area contributed by atoms with E-state index in [1.54, 1.807) is 29.6 Å². The van der Waals surface area contributed by atoms with Crippen LogP contribution in [0.5, 0.6) is 5.75 Å². The van der Waals surface area contributed by atoms with E-state index in [4.69, 9.17) is 16.3 Å². The number of nitrogens with one attached hydrogen (secondary N) is 1. The minimum atomic E-state index is -0.234. The highest BCUT2D eigenvalue weighted by Gasteiger charge is 2.26. The number of H-pyrrole nitrogens is 1. The van der Waals surface area contributed by atoms with Crippen molar-refractivity contribution in [2.45, 2.75) is 13.0 Å². The van der Waals surface area contributed by atoms with Crippen LogP contribution in [0.25, 0.3) is 22.0 Å². The van der Waals surface area contributed by atoms with Gasteiger partial charge in [0.1, 0.15) is 5.75 Å². The Balaban J connectivity index is 1.71. The number of fused-ring (bicyclic) bond motifs is 1. The van der Waals surface area contributed by atoms with E-state index < -0.39 is 0 Å². The summed E-state index contributed by atoms with van der Waals surface area (Å²) in [5.41, 5.74) is 4.17. The number of benzene rings is 2. The van der Waals surface area contributed by atoms with E-state index >= 15 is 0 Å². The SMILES string of the molecule is CCOc1cc(C(=O)N(C)[C@@H](CN(C)C)c2cncc3cn[nH]c23)ccc1-c1cccc(Cl)c1. The van der Waals surface area contributed by atoms with Gasteiger partial charge in [-0.3, -0.25) is 14.9 Å². The summed E-state index contributed by atoms with van der Waals surface area (Å²) in [5, 5.41) is 8.76. The predicted octanol–water partition coefficient (Wildman–Crippen LogP) is 5.05. The summed E-state index contributed by atoms with van der Waals surface area (Å²) >= 11 is 6.20. The van der Waals surface area contributed by atoms with Crippen molar-refractivity contribution in [3.05, 3.63) is 77.2 Å². The minimum Gasteiger partial charge on any atom is -0.493 e. The van der Waals surface area contributed by atoms with Crippen LogP contribution in [0.15, 0.2) is 61.1 Å². The first-order valence-corrected chi connectivity index (χ1v) is 11.5. The van der Waals surface area contributed by atoms with Crippen molar-refractivity contribution in [1.82, 2.24) is 25.0 Å². The summed E-state index contributed by atoms with van der Waals surface area (Å²) in [5.74, 6) is 0.535. The van der Waals surface area contributed by atoms with Gasteiger partial charge in [-0.2, -0.15) is 5.10 Å². The van der Waals surface area contributed by atoms with Crippen molar-refractivity contribution in [3.63, 3.8) is 0 Å². The Morgan fingerprint density at radius 3 is 2.68 bits per heavy atom. The molecule has 0 unspecified atom stereocenters. The fourth-order valence-electron chi connectivity index (χ4n) is 4.08. The molecule has 0 bridgehead atoms. The van der Waals surface area contributed by atoms with Crippen LogP contribution in [-0.4, -0.2) is 65.2 Å². The molecule has 1 atom stereocenters. The number of aromatic amines is 1. The van der Waals surface area contributed by atoms with Crippen LogP contribution in [0.4, 0.5) is 0 Å². The molecule has 0 fully saturated rings. The number of hydrogen-bond acceptors (Lipinski definition) is 5. The molecule has 7 nitrogen and oxygen atoms in total. The van der Waals surface area contributed by atoms with E-state index in [-0.39, 0.29) is 11.9 Å². The van der Waals surface area contributed by atoms with Crippen molar-refractivity contribution in [2.75, 3.05) is 34.3 Å². The number of carbonyl (C=O) groups excluding carboxylic acids is 1. The standard InChI is InChI=1S/C26H28ClN5O2/c1-5-34-24-12-18(9-10-21(24)17-7-6-8-20(27)11-17)26(33)32(4)23(16-31(2)3)22-15-28-13-19-14-29-30-25(19)22/h6-15,23H,5,16H2,1-4H3,(H,29,30)/t23-/m0/s1. The number of rotatable bonds is 8. The molecule has 2 heterocycles. The molecule has 8 heteroatoms. The molecule has 34 heavy (non-hydrogen) atoms. The molecular weight excluding hydrogens is 450 g/mol. The number of ether oxygens (including phenoxy) is 1. The van der Waals surface area contributed by atoms with Gasteiger partial charge in [-0.05, 0) is 56.9 Å². The average molecular weight is 478 g/mol. The third-order valence-corrected chi connectivity index (χ3v) is 5.97. The van der Waals surface area contributed by atoms with Crippen LogP contribution in [-0.2, 0) is 0 Å². The normalized spacial score (nSPS) is 12.2. The van der Waals surface area contributed by atoms with Crippen LogP contribution in [0.1, 0.15) is 28.9 Å². The summed E-state index contributed by atoms with van der Waals surface area (Å²) in [4.78, 5) is 21.8. The summed E-state index contributed by atoms with van der Waals surface area (Å²) in [7, 11) is 5.79. The smallest absolute Gasteiger partial charge is 0.254 e. The van der Waals surface area contributed by atoms with E-state index in [2.05, 4.69) is 20.1 Å². The highest BCUT2D eigenvalue weighted by atomic mass is 35.5. The number of likely N-dealkylation sites (N-methyl/N-ethyl adjacent to an activating group) is 2. The first kappa shape index (κ1) is 23.7. The maximum Gasteiger partial charge on any atom is 0.254 e. The molecule has 0 radical (unpaired) electrons. The Morgan fingerprint density at radius 2 is 1.94 bits per heavy atom. The number of hydrogen-bond donors (Lipinski definition) is 1. The second-order valence-electron chi connectivity index (χ2n) is 8.41. The van der Waals surface area contributed by atoms with E-state index in [0.717, 1.165) is 27.6 Å². The topological polar surface area (TPSA) is 74.3 Å². The van der Waals surface area contributed by atoms with Gasteiger partial charge < -0.3 is 14.5 Å². The number of halogens is 1. The molecule has 0 spiro atoms. The quantitative estimate of drug-likeness (QED) is 0.384. The zero-order valence-corrected chi connectivity index (χ0v) is 20.5. The predicted molar refractivity (Wildman–Crippen MR) is 135 cm³/mol. The van der Waals surface area contributed by atoms with Gasteiger partial charge in [0.15, 0.2) is 0 Å². The molecule has 1 N–H and O–H groups in total. The van der Waals surface area contributed by atoms with Crippen LogP contribution in [0, 0.1) is 0 Å². The zero-order chi connectivity index (χ0) is 24.2. The van der Waals surface area contributed by atoms with Crippen molar-refractivity contribution in [3.8, 4) is 16.9 Å². The monoisotopic (exact) mass is 477 g/mol. The Kier molecular flexibility index (Phi) is 7.14. The van der Waals surface area contributed by atoms with Gasteiger partial charge in [0.25, 0.3) is 5.91 Å². The van der Waals surface area contributed by atoms with E-state index in [9.17, 15) is 4.79 Å². The van der Waals surface area contributed by atoms with Gasteiger partial charge in [0.2, 0.25) is 0 Å². The fourth-order valence-corrected chi connectivity index (χ4v) is 4.28. The Labute approximate surface area is 204 Å². The van der Waals surface area contributed by atoms with Crippen LogP contribution in [0.2, 0.25) is 5.02 Å². The molecule has 176 valence electrons. The Bertz CT molecular complexity index is 1300. The maximum absolute atomic E-state index is 13.7. The number of pyridine rings is 1. The molecule has 0 saturated carbocycles. The minimum absolute atomic E-state index is 0.109. The molecular formula is C26H28ClN5O2. The second-order valence-corrected chi connectivity index (χ2v) is 8.85. The van der Waals surface area contributed by atoms with Gasteiger partial charge >= 0.3 is 0 Å². The lowest BCUT2D eigenvalue weighted by Crippen LogP contribution is -2.37. The average Bonchev–Trinajstić information content (AvgIpc) is 3.31. The van der Waals surface area contributed by atoms with Gasteiger partial charge in [-0.1, -0.05) is 23.7 Å². The zero-order valence-electron chi connectivity index (χ0n) is 19.7. The summed E-state index contributed by atoms with van der Waals surface area (Å²) in [6.45, 7) is 3.03. The maximum atomic E-state index is 13.7. The van der Waals surface area contributed by atoms with Crippen molar-refractivity contribution in [2.24, 2.45) is 0 Å². The lowest BCUT2D eigenvalue weighted by Gasteiger charge is -2.31. The van der Waals surface area contributed by atoms with Crippen molar-refractivity contribution < 1.29 is 9.53 Å². The Hall–Kier alpha value is -3.42. The first-order chi connectivity index (χ1) is 16.4. The highest BCUT2D eigenvalue weighted by Crippen LogP contribution is 2.34. The summed E-state index contributed by atoms with van der Waals surface area (Å²) in [6.07, 6.45) is 5.30. The Morgan fingerprint density at radius 1 is 1.12 bits per heavy atom. The lowest BCUT2D eigenvalue weighted by atomic mass is 10.0. The third-order valence-electron chi connectivity index (χ3n) is 5.73. The van der Waals surface area contributed by atoms with Gasteiger partial charge in [-0.15, -0.1) is 0 Å². The van der Waals surface area contributed by atoms with Gasteiger partial charge in [0.05, 0.1) is 24.4 Å². The van der Waals surface area contributed by atoms with E-state index in [0.29, 0.717) is 29.5 Å². The number of nitrogens with zero attached hydrogens (tertiary/aromatic N) is 4. The largest absolute Gasteiger partial charge is 0.493 e. The van der Waals surface area contributed by atoms with E-state index in [1.165, 1.54) is 0 Å². The van der Waals surface area contributed by atoms with Crippen LogP contribution < -0.4 is 4.74 Å². The molecule has 2 aromatic carbocycles. The van der Waals surface area contributed by atoms with Gasteiger partial charge in [-0.25, -0.2) is 0 Å². The molecule has 4 rings (SSSR count). The van der Waals surface area contributed by atoms with Gasteiger partial charge in [0, 0.05) is 53.1 Å². The van der Waals surface area contributed by atoms with Crippen molar-refractivity contribution >= 4 is 28.4 Å². The van der Waals surface area contributed by atoms with Crippen molar-refractivity contribution in [1.29, 1.82) is 0 Å². The van der Waals surface area contributed by atoms with Crippen LogP contribution in [0.3, 0.4) is 0 Å².